The lowest BCUT2D eigenvalue weighted by Crippen LogP contribution is -2.30. The molecule has 2 aromatic carbocycles. The van der Waals surface area contributed by atoms with Crippen molar-refractivity contribution in [2.75, 3.05) is 16.0 Å². The van der Waals surface area contributed by atoms with Crippen molar-refractivity contribution in [3.63, 3.8) is 0 Å². The molecule has 1 atom stereocenters. The van der Waals surface area contributed by atoms with E-state index in [2.05, 4.69) is 17.5 Å². The first-order valence-corrected chi connectivity index (χ1v) is 7.65. The monoisotopic (exact) mass is 327 g/mol. The molecule has 0 spiro atoms. The number of nitrogens with one attached hydrogen (secondary N) is 1. The summed E-state index contributed by atoms with van der Waals surface area (Å²) >= 11 is 0. The maximum Gasteiger partial charge on any atom is 0.212 e. The topological polar surface area (TPSA) is 109 Å². The maximum absolute atomic E-state index is 10.8. The molecule has 2 heterocycles. The molecular formula is C19H13N5O. The minimum atomic E-state index is -0.649. The van der Waals surface area contributed by atoms with Gasteiger partial charge in [0, 0.05) is 5.69 Å². The summed E-state index contributed by atoms with van der Waals surface area (Å²) in [5.74, 6) is -0.346. The van der Waals surface area contributed by atoms with Crippen molar-refractivity contribution < 1.29 is 5.11 Å². The third-order valence-corrected chi connectivity index (χ3v) is 4.42. The molecule has 25 heavy (non-hydrogen) atoms. The van der Waals surface area contributed by atoms with Gasteiger partial charge >= 0.3 is 0 Å². The Morgan fingerprint density at radius 2 is 1.68 bits per heavy atom. The van der Waals surface area contributed by atoms with Crippen molar-refractivity contribution in [3.8, 4) is 12.1 Å². The zero-order valence-electron chi connectivity index (χ0n) is 13.1. The molecule has 0 radical (unpaired) electrons. The van der Waals surface area contributed by atoms with Crippen molar-refractivity contribution >= 4 is 17.1 Å². The van der Waals surface area contributed by atoms with Crippen molar-refractivity contribution in [2.45, 2.75) is 5.92 Å². The second kappa shape index (κ2) is 5.33. The van der Waals surface area contributed by atoms with Crippen LogP contribution in [0.2, 0.25) is 0 Å². The van der Waals surface area contributed by atoms with Gasteiger partial charge in [-0.05, 0) is 29.8 Å². The Morgan fingerprint density at radius 3 is 2.36 bits per heavy atom. The van der Waals surface area contributed by atoms with Crippen LogP contribution in [0.25, 0.3) is 0 Å². The van der Waals surface area contributed by atoms with Gasteiger partial charge in [-0.15, -0.1) is 0 Å². The third-order valence-electron chi connectivity index (χ3n) is 4.42. The van der Waals surface area contributed by atoms with E-state index in [1.54, 1.807) is 24.3 Å². The number of allylic oxidation sites excluding steroid dienone is 2. The maximum atomic E-state index is 10.8. The molecule has 2 aliphatic rings. The molecule has 4 rings (SSSR count). The molecule has 6 heteroatoms. The first-order chi connectivity index (χ1) is 12.2. The highest BCUT2D eigenvalue weighted by Gasteiger charge is 2.41. The predicted octanol–water partition coefficient (Wildman–Crippen LogP) is 3.33. The van der Waals surface area contributed by atoms with Gasteiger partial charge in [0.1, 0.15) is 17.5 Å². The average molecular weight is 327 g/mol. The minimum Gasteiger partial charge on any atom is -0.493 e. The van der Waals surface area contributed by atoms with Crippen molar-refractivity contribution in [1.82, 2.24) is 0 Å². The summed E-state index contributed by atoms with van der Waals surface area (Å²) in [7, 11) is 0. The van der Waals surface area contributed by atoms with Crippen molar-refractivity contribution in [2.24, 2.45) is 0 Å². The smallest absolute Gasteiger partial charge is 0.212 e. The largest absolute Gasteiger partial charge is 0.493 e. The summed E-state index contributed by atoms with van der Waals surface area (Å²) in [6.07, 6.45) is 0. The van der Waals surface area contributed by atoms with Gasteiger partial charge in [-0.2, -0.15) is 10.5 Å². The highest BCUT2D eigenvalue weighted by molar-refractivity contribution is 5.86. The van der Waals surface area contributed by atoms with Gasteiger partial charge in [-0.3, -0.25) is 4.90 Å². The molecule has 0 amide bonds. The summed E-state index contributed by atoms with van der Waals surface area (Å²) in [5, 5.41) is 33.4. The molecule has 0 saturated heterocycles. The Morgan fingerprint density at radius 1 is 1.00 bits per heavy atom. The summed E-state index contributed by atoms with van der Waals surface area (Å²) in [4.78, 5) is 1.51. The van der Waals surface area contributed by atoms with Gasteiger partial charge < -0.3 is 16.2 Å². The number of fused-ring (bicyclic) bond motifs is 3. The van der Waals surface area contributed by atoms with Crippen LogP contribution in [0, 0.1) is 22.7 Å². The molecule has 0 aromatic heterocycles. The number of aliphatic hydroxyl groups is 1. The van der Waals surface area contributed by atoms with E-state index in [-0.39, 0.29) is 11.5 Å². The Bertz CT molecular complexity index is 1020. The quantitative estimate of drug-likeness (QED) is 0.693. The van der Waals surface area contributed by atoms with Crippen LogP contribution in [0.3, 0.4) is 0 Å². The van der Waals surface area contributed by atoms with E-state index in [9.17, 15) is 15.6 Å². The van der Waals surface area contributed by atoms with E-state index in [1.165, 1.54) is 4.90 Å². The summed E-state index contributed by atoms with van der Waals surface area (Å²) in [5.41, 5.74) is 9.02. The van der Waals surface area contributed by atoms with Gasteiger partial charge in [-0.1, -0.05) is 24.3 Å². The third kappa shape index (κ3) is 2.02. The average Bonchev–Trinajstić information content (AvgIpc) is 3.02. The van der Waals surface area contributed by atoms with Gasteiger partial charge in [0.05, 0.1) is 28.9 Å². The van der Waals surface area contributed by atoms with E-state index >= 15 is 0 Å². The van der Waals surface area contributed by atoms with E-state index in [0.29, 0.717) is 22.8 Å². The lowest BCUT2D eigenvalue weighted by molar-refractivity contribution is 0.388. The minimum absolute atomic E-state index is 0.128. The molecule has 0 bridgehead atoms. The van der Waals surface area contributed by atoms with Gasteiger partial charge in [0.2, 0.25) is 5.88 Å². The Hall–Kier alpha value is -3.90. The Kier molecular flexibility index (Phi) is 3.13. The number of nitrogen functional groups attached to an aromatic ring is 1. The number of hydrogen-bond donors (Lipinski definition) is 3. The molecule has 0 saturated carbocycles. The number of hydrogen-bond acceptors (Lipinski definition) is 6. The van der Waals surface area contributed by atoms with E-state index in [1.807, 2.05) is 24.3 Å². The first kappa shape index (κ1) is 14.7. The Balaban J connectivity index is 1.96. The fraction of sp³-hybridized carbons (Fsp3) is 0.0526. The number of aliphatic hydroxyl groups excluding tert-OH is 1. The van der Waals surface area contributed by atoms with Crippen LogP contribution in [0.4, 0.5) is 17.1 Å². The zero-order chi connectivity index (χ0) is 17.6. The van der Waals surface area contributed by atoms with Crippen LogP contribution < -0.4 is 16.0 Å². The SMILES string of the molecule is N#CC1=C(O)N2C(=C(C#N)C1c1ccc(N)cc1)Nc1ccccc12. The molecular weight excluding hydrogens is 314 g/mol. The van der Waals surface area contributed by atoms with Crippen molar-refractivity contribution in [3.05, 3.63) is 76.9 Å². The molecule has 1 unspecified atom stereocenters. The van der Waals surface area contributed by atoms with Crippen LogP contribution in [0.15, 0.2) is 71.4 Å². The number of nitriles is 2. The standard InChI is InChI=1S/C19H13N5O/c20-9-13-17(11-5-7-12(22)8-6-11)14(10-21)19(25)24-16-4-2-1-3-15(16)23-18(13)24/h1-8,17,23,25H,22H2. The van der Waals surface area contributed by atoms with Gasteiger partial charge in [0.25, 0.3) is 0 Å². The van der Waals surface area contributed by atoms with E-state index < -0.39 is 5.92 Å². The summed E-state index contributed by atoms with van der Waals surface area (Å²) in [6.45, 7) is 0. The van der Waals surface area contributed by atoms with Crippen LogP contribution >= 0.6 is 0 Å². The van der Waals surface area contributed by atoms with Crippen LogP contribution in [-0.4, -0.2) is 5.11 Å². The molecule has 0 aliphatic carbocycles. The molecule has 2 aliphatic heterocycles. The lowest BCUT2D eigenvalue weighted by Gasteiger charge is -2.30. The van der Waals surface area contributed by atoms with Gasteiger partial charge in [-0.25, -0.2) is 0 Å². The van der Waals surface area contributed by atoms with Crippen molar-refractivity contribution in [1.29, 1.82) is 10.5 Å². The molecule has 120 valence electrons. The predicted molar refractivity (Wildman–Crippen MR) is 94.0 cm³/mol. The van der Waals surface area contributed by atoms with Crippen LogP contribution in [0.1, 0.15) is 11.5 Å². The Labute approximate surface area is 144 Å². The lowest BCUT2D eigenvalue weighted by atomic mass is 9.83. The molecule has 2 aromatic rings. The van der Waals surface area contributed by atoms with E-state index in [4.69, 9.17) is 5.73 Å². The van der Waals surface area contributed by atoms with E-state index in [0.717, 1.165) is 11.3 Å². The number of anilines is 3. The molecule has 0 fully saturated rings. The van der Waals surface area contributed by atoms with Gasteiger partial charge in [0.15, 0.2) is 0 Å². The molecule has 4 N–H and O–H groups in total. The summed E-state index contributed by atoms with van der Waals surface area (Å²) < 4.78 is 0. The molecule has 6 nitrogen and oxygen atoms in total. The fourth-order valence-corrected chi connectivity index (χ4v) is 3.27. The second-order valence-electron chi connectivity index (χ2n) is 5.80. The number of benzene rings is 2. The second-order valence-corrected chi connectivity index (χ2v) is 5.80. The zero-order valence-corrected chi connectivity index (χ0v) is 13.1. The number of rotatable bonds is 1. The normalized spacial score (nSPS) is 18.2. The number of para-hydroxylation sites is 2. The van der Waals surface area contributed by atoms with Crippen LogP contribution in [0.5, 0.6) is 0 Å². The highest BCUT2D eigenvalue weighted by atomic mass is 16.3. The number of nitrogens with two attached hydrogens (primary N) is 1. The summed E-state index contributed by atoms with van der Waals surface area (Å²) in [6, 6.07) is 18.6. The highest BCUT2D eigenvalue weighted by Crippen LogP contribution is 2.48. The van der Waals surface area contributed by atoms with Crippen LogP contribution in [-0.2, 0) is 0 Å². The first-order valence-electron chi connectivity index (χ1n) is 7.65. The fourth-order valence-electron chi connectivity index (χ4n) is 3.27. The number of nitrogens with zero attached hydrogens (tertiary/aromatic N) is 3.